The Morgan fingerprint density at radius 3 is 1.51 bits per heavy atom. The van der Waals surface area contributed by atoms with Crippen molar-refractivity contribution in [3.05, 3.63) is 105 Å². The molecule has 1 N–H and O–H groups in total. The number of pyridine rings is 2. The summed E-state index contributed by atoms with van der Waals surface area (Å²) in [7, 11) is -3.76. The Kier molecular flexibility index (Phi) is 12.9. The summed E-state index contributed by atoms with van der Waals surface area (Å²) in [5.41, 5.74) is 2.36. The fourth-order valence-electron chi connectivity index (χ4n) is 8.16. The van der Waals surface area contributed by atoms with E-state index in [4.69, 9.17) is 32.0 Å². The van der Waals surface area contributed by atoms with Crippen LogP contribution < -0.4 is 5.32 Å². The molecule has 19 heteroatoms. The third-order valence-corrected chi connectivity index (χ3v) is 13.9. The quantitative estimate of drug-likeness (QED) is 0.175. The molecule has 4 amide bonds. The van der Waals surface area contributed by atoms with E-state index in [0.29, 0.717) is 57.8 Å². The van der Waals surface area contributed by atoms with E-state index in [1.54, 1.807) is 38.1 Å². The van der Waals surface area contributed by atoms with Crippen molar-refractivity contribution >= 4 is 79.1 Å². The smallest absolute Gasteiger partial charge is 0.290 e. The Morgan fingerprint density at radius 1 is 0.691 bits per heavy atom. The maximum atomic E-state index is 14.1. The highest BCUT2D eigenvalue weighted by molar-refractivity contribution is 7.88. The van der Waals surface area contributed by atoms with Gasteiger partial charge in [-0.3, -0.25) is 19.2 Å². The Balaban J connectivity index is 0.000000225. The van der Waals surface area contributed by atoms with Gasteiger partial charge in [0.1, 0.15) is 33.7 Å². The van der Waals surface area contributed by atoms with Gasteiger partial charge in [-0.2, -0.15) is 0 Å². The summed E-state index contributed by atoms with van der Waals surface area (Å²) in [6.07, 6.45) is 0.960. The normalized spacial score (nSPS) is 16.5. The van der Waals surface area contributed by atoms with E-state index in [2.05, 4.69) is 15.3 Å². The van der Waals surface area contributed by atoms with Gasteiger partial charge in [0, 0.05) is 55.4 Å². The highest BCUT2D eigenvalue weighted by atomic mass is 35.5. The lowest BCUT2D eigenvalue weighted by atomic mass is 9.86. The predicted molar refractivity (Wildman–Crippen MR) is 258 cm³/mol. The molecule has 0 unspecified atom stereocenters. The minimum absolute atomic E-state index is 0. The van der Waals surface area contributed by atoms with Crippen LogP contribution in [0.3, 0.4) is 0 Å². The van der Waals surface area contributed by atoms with Crippen LogP contribution in [0, 0.1) is 11.6 Å². The maximum absolute atomic E-state index is 14.1. The van der Waals surface area contributed by atoms with Crippen LogP contribution in [0.25, 0.3) is 44.7 Å². The van der Waals surface area contributed by atoms with Gasteiger partial charge in [-0.15, -0.1) is 0 Å². The topological polar surface area (TPSA) is 176 Å². The third-order valence-electron chi connectivity index (χ3n) is 12.1. The van der Waals surface area contributed by atoms with Crippen molar-refractivity contribution in [1.29, 1.82) is 0 Å². The average Bonchev–Trinajstić information content (AvgIpc) is 3.88. The molecule has 4 aromatic heterocycles. The largest absolute Gasteiger partial charge is 0.449 e. The Morgan fingerprint density at radius 2 is 1.12 bits per heavy atom. The van der Waals surface area contributed by atoms with E-state index in [-0.39, 0.29) is 53.3 Å². The molecule has 2 aromatic carbocycles. The summed E-state index contributed by atoms with van der Waals surface area (Å²) in [6.45, 7) is 19.0. The molecule has 0 radical (unpaired) electrons. The minimum Gasteiger partial charge on any atom is -0.449 e. The van der Waals surface area contributed by atoms with Gasteiger partial charge in [-0.05, 0) is 74.9 Å². The van der Waals surface area contributed by atoms with Gasteiger partial charge in [0.2, 0.25) is 15.9 Å². The predicted octanol–water partition coefficient (Wildman–Crippen LogP) is 9.79. The van der Waals surface area contributed by atoms with Crippen molar-refractivity contribution in [2.45, 2.75) is 91.1 Å². The SMILES string of the molecule is CC(C)(C)c1cc(-c2ccc(Cl)c(F)c2)nc2cc(C(=O)N3CCN(S(C)(=O)=O)C(=O)C3(C)C)oc12.CC(C)(C)c1cc(-c2ccc(Cl)c(F)c2)nc2cc(C(=O)N3CCNC(=O)C3(C)C)oc12.[HH]. The molecule has 0 spiro atoms. The number of hydrogen-bond acceptors (Lipinski definition) is 10. The lowest BCUT2D eigenvalue weighted by Crippen LogP contribution is -2.65. The Bertz CT molecular complexity index is 3180. The molecule has 362 valence electrons. The van der Waals surface area contributed by atoms with E-state index in [1.807, 2.05) is 47.6 Å². The summed E-state index contributed by atoms with van der Waals surface area (Å²) >= 11 is 11.7. The number of carbonyl (C=O) groups is 4. The van der Waals surface area contributed by atoms with Crippen LogP contribution in [0.15, 0.2) is 69.5 Å². The molecule has 6 heterocycles. The number of furan rings is 2. The van der Waals surface area contributed by atoms with Crippen LogP contribution in [0.2, 0.25) is 10.0 Å². The molecular weight excluding hydrogens is 942 g/mol. The number of sulfonamides is 1. The molecule has 0 aliphatic carbocycles. The second-order valence-electron chi connectivity index (χ2n) is 19.9. The Hall–Kier alpha value is -5.91. The van der Waals surface area contributed by atoms with Crippen molar-refractivity contribution in [2.24, 2.45) is 0 Å². The van der Waals surface area contributed by atoms with E-state index in [0.717, 1.165) is 21.7 Å². The molecule has 68 heavy (non-hydrogen) atoms. The molecule has 8 rings (SSSR count). The standard InChI is InChI=1S/C25H27ClFN3O5S.C24H25ClFN3O3.H2/c1-24(2,3)15-12-18(14-7-8-16(26)17(27)11-14)28-19-13-20(35-21(15)19)22(31)29-9-10-30(36(6,33)34)23(32)25(29,4)5;1-23(2,3)14-11-17(13-6-7-15(25)16(26)10-13)28-18-12-19(32-20(14)18)21(30)29-9-8-27-22(31)24(29,4)5;/h7-8,11-13H,9-10H2,1-6H3;6-7,10-12H,8-9H2,1-5H3,(H,27,31);1H. The number of benzene rings is 2. The van der Waals surface area contributed by atoms with Gasteiger partial charge in [0.15, 0.2) is 22.7 Å². The molecule has 2 aliphatic rings. The second kappa shape index (κ2) is 17.6. The summed E-state index contributed by atoms with van der Waals surface area (Å²) in [5, 5.41) is 2.82. The minimum atomic E-state index is -3.76. The molecule has 2 aliphatic heterocycles. The average molecular weight is 996 g/mol. The number of amides is 4. The Labute approximate surface area is 404 Å². The van der Waals surface area contributed by atoms with Crippen LogP contribution in [0.4, 0.5) is 8.78 Å². The zero-order valence-electron chi connectivity index (χ0n) is 39.5. The van der Waals surface area contributed by atoms with Crippen LogP contribution in [0.1, 0.15) is 103 Å². The van der Waals surface area contributed by atoms with E-state index >= 15 is 0 Å². The van der Waals surface area contributed by atoms with Crippen LogP contribution in [0.5, 0.6) is 0 Å². The molecular formula is C49H54Cl2F2N6O8S. The molecule has 2 fully saturated rings. The third kappa shape index (κ3) is 9.44. The summed E-state index contributed by atoms with van der Waals surface area (Å²) in [6, 6.07) is 15.7. The first-order valence-electron chi connectivity index (χ1n) is 21.7. The van der Waals surface area contributed by atoms with E-state index in [9.17, 15) is 36.4 Å². The van der Waals surface area contributed by atoms with Crippen molar-refractivity contribution in [1.82, 2.24) is 29.4 Å². The zero-order valence-corrected chi connectivity index (χ0v) is 41.9. The highest BCUT2D eigenvalue weighted by Crippen LogP contribution is 2.38. The van der Waals surface area contributed by atoms with Crippen molar-refractivity contribution in [3.63, 3.8) is 0 Å². The molecule has 0 bridgehead atoms. The zero-order chi connectivity index (χ0) is 50.2. The fourth-order valence-corrected chi connectivity index (χ4v) is 9.33. The number of carbonyl (C=O) groups excluding carboxylic acids is 4. The van der Waals surface area contributed by atoms with Gasteiger partial charge < -0.3 is 24.0 Å². The first-order chi connectivity index (χ1) is 31.4. The van der Waals surface area contributed by atoms with Crippen LogP contribution in [-0.2, 0) is 30.4 Å². The summed E-state index contributed by atoms with van der Waals surface area (Å²) in [4.78, 5) is 64.1. The summed E-state index contributed by atoms with van der Waals surface area (Å²) < 4.78 is 65.0. The van der Waals surface area contributed by atoms with Gasteiger partial charge in [-0.1, -0.05) is 76.9 Å². The first-order valence-corrected chi connectivity index (χ1v) is 24.3. The highest BCUT2D eigenvalue weighted by Gasteiger charge is 2.48. The number of hydrogen-bond donors (Lipinski definition) is 1. The molecule has 0 atom stereocenters. The summed E-state index contributed by atoms with van der Waals surface area (Å²) in [5.74, 6) is -2.86. The van der Waals surface area contributed by atoms with Gasteiger partial charge in [-0.25, -0.2) is 31.5 Å². The lowest BCUT2D eigenvalue weighted by molar-refractivity contribution is -0.140. The number of halogens is 4. The number of rotatable bonds is 5. The number of nitrogens with one attached hydrogen (secondary N) is 1. The van der Waals surface area contributed by atoms with Crippen LogP contribution >= 0.6 is 23.2 Å². The number of piperazine rings is 2. The molecule has 0 saturated carbocycles. The van der Waals surface area contributed by atoms with Gasteiger partial charge in [0.25, 0.3) is 17.7 Å². The van der Waals surface area contributed by atoms with Crippen LogP contribution in [-0.4, -0.2) is 99.6 Å². The number of nitrogens with zero attached hydrogens (tertiary/aromatic N) is 5. The molecule has 2 saturated heterocycles. The second-order valence-corrected chi connectivity index (χ2v) is 22.7. The van der Waals surface area contributed by atoms with Gasteiger partial charge in [0.05, 0.1) is 34.2 Å². The molecule has 14 nitrogen and oxygen atoms in total. The first kappa shape index (κ1) is 50.0. The number of fused-ring (bicyclic) bond motifs is 2. The van der Waals surface area contributed by atoms with Crippen molar-refractivity contribution in [2.75, 3.05) is 32.4 Å². The fraction of sp³-hybridized carbons (Fsp3) is 0.388. The monoisotopic (exact) mass is 994 g/mol. The van der Waals surface area contributed by atoms with E-state index < -0.39 is 50.0 Å². The lowest BCUT2D eigenvalue weighted by Gasteiger charge is -2.44. The van der Waals surface area contributed by atoms with Crippen molar-refractivity contribution < 1.29 is 46.6 Å². The van der Waals surface area contributed by atoms with Gasteiger partial charge >= 0.3 is 0 Å². The van der Waals surface area contributed by atoms with E-state index in [1.165, 1.54) is 54.0 Å². The number of aromatic nitrogens is 2. The maximum Gasteiger partial charge on any atom is 0.290 e. The van der Waals surface area contributed by atoms with Crippen molar-refractivity contribution in [3.8, 4) is 22.5 Å². The molecule has 6 aromatic rings.